The standard InChI is InChI=1S/C14H17F3N2O2/c15-14(16,17)10-1-2-12(11(7-10)13(18)19)21-8-9-3-5-20-6-4-9/h1-2,7,9H,3-6,8H2,(H3,18,19). The van der Waals surface area contributed by atoms with Crippen molar-refractivity contribution in [2.24, 2.45) is 11.7 Å². The van der Waals surface area contributed by atoms with Crippen molar-refractivity contribution in [3.05, 3.63) is 29.3 Å². The maximum atomic E-state index is 12.7. The summed E-state index contributed by atoms with van der Waals surface area (Å²) >= 11 is 0. The monoisotopic (exact) mass is 302 g/mol. The van der Waals surface area contributed by atoms with Crippen LogP contribution in [0.5, 0.6) is 5.75 Å². The van der Waals surface area contributed by atoms with Crippen LogP contribution in [-0.2, 0) is 10.9 Å². The Hall–Kier alpha value is -1.76. The Labute approximate surface area is 120 Å². The first-order valence-electron chi connectivity index (χ1n) is 6.64. The lowest BCUT2D eigenvalue weighted by Crippen LogP contribution is -2.22. The number of nitrogens with two attached hydrogens (primary N) is 1. The highest BCUT2D eigenvalue weighted by molar-refractivity contribution is 5.97. The van der Waals surface area contributed by atoms with Crippen LogP contribution in [0.4, 0.5) is 13.2 Å². The van der Waals surface area contributed by atoms with E-state index in [1.165, 1.54) is 6.07 Å². The van der Waals surface area contributed by atoms with Crippen molar-refractivity contribution in [3.8, 4) is 5.75 Å². The fourth-order valence-corrected chi connectivity index (χ4v) is 2.16. The zero-order chi connectivity index (χ0) is 15.5. The van der Waals surface area contributed by atoms with E-state index in [-0.39, 0.29) is 11.3 Å². The van der Waals surface area contributed by atoms with Gasteiger partial charge in [-0.1, -0.05) is 0 Å². The molecule has 1 heterocycles. The molecule has 0 atom stereocenters. The van der Waals surface area contributed by atoms with Crippen LogP contribution in [0, 0.1) is 11.3 Å². The summed E-state index contributed by atoms with van der Waals surface area (Å²) in [5.41, 5.74) is 4.48. The minimum atomic E-state index is -4.47. The van der Waals surface area contributed by atoms with Crippen molar-refractivity contribution in [2.75, 3.05) is 19.8 Å². The predicted molar refractivity (Wildman–Crippen MR) is 71.5 cm³/mol. The first-order valence-corrected chi connectivity index (χ1v) is 6.64. The Morgan fingerprint density at radius 1 is 1.33 bits per heavy atom. The fraction of sp³-hybridized carbons (Fsp3) is 0.500. The molecule has 1 aliphatic heterocycles. The average Bonchev–Trinajstić information content (AvgIpc) is 2.45. The smallest absolute Gasteiger partial charge is 0.416 e. The number of benzene rings is 1. The third-order valence-corrected chi connectivity index (χ3v) is 3.41. The summed E-state index contributed by atoms with van der Waals surface area (Å²) in [6, 6.07) is 3.01. The van der Waals surface area contributed by atoms with Crippen LogP contribution in [0.25, 0.3) is 0 Å². The van der Waals surface area contributed by atoms with Gasteiger partial charge in [0.1, 0.15) is 11.6 Å². The van der Waals surface area contributed by atoms with E-state index in [4.69, 9.17) is 20.6 Å². The molecule has 1 saturated heterocycles. The molecule has 0 amide bonds. The molecule has 116 valence electrons. The van der Waals surface area contributed by atoms with Gasteiger partial charge in [-0.2, -0.15) is 13.2 Å². The molecule has 0 bridgehead atoms. The van der Waals surface area contributed by atoms with Crippen molar-refractivity contribution in [1.82, 2.24) is 0 Å². The third-order valence-electron chi connectivity index (χ3n) is 3.41. The van der Waals surface area contributed by atoms with E-state index in [1.54, 1.807) is 0 Å². The molecule has 1 fully saturated rings. The number of alkyl halides is 3. The summed E-state index contributed by atoms with van der Waals surface area (Å²) in [6.45, 7) is 1.72. The van der Waals surface area contributed by atoms with Gasteiger partial charge in [0.2, 0.25) is 0 Å². The Morgan fingerprint density at radius 2 is 2.00 bits per heavy atom. The number of nitrogens with one attached hydrogen (secondary N) is 1. The SMILES string of the molecule is N=C(N)c1cc(C(F)(F)F)ccc1OCC1CCOCC1. The van der Waals surface area contributed by atoms with Crippen LogP contribution in [0.1, 0.15) is 24.0 Å². The van der Waals surface area contributed by atoms with Gasteiger partial charge in [0.05, 0.1) is 17.7 Å². The molecule has 3 N–H and O–H groups in total. The number of hydrogen-bond donors (Lipinski definition) is 2. The maximum Gasteiger partial charge on any atom is 0.416 e. The Kier molecular flexibility index (Phi) is 4.72. The van der Waals surface area contributed by atoms with Crippen LogP contribution in [0.2, 0.25) is 0 Å². The van der Waals surface area contributed by atoms with E-state index in [1.807, 2.05) is 0 Å². The van der Waals surface area contributed by atoms with Gasteiger partial charge < -0.3 is 15.2 Å². The lowest BCUT2D eigenvalue weighted by Gasteiger charge is -2.23. The highest BCUT2D eigenvalue weighted by Gasteiger charge is 2.31. The molecule has 2 rings (SSSR count). The normalized spacial score (nSPS) is 16.7. The van der Waals surface area contributed by atoms with Gasteiger partial charge in [-0.15, -0.1) is 0 Å². The Balaban J connectivity index is 2.12. The van der Waals surface area contributed by atoms with Crippen LogP contribution in [0.3, 0.4) is 0 Å². The second kappa shape index (κ2) is 6.34. The topological polar surface area (TPSA) is 68.3 Å². The number of amidine groups is 1. The Morgan fingerprint density at radius 3 is 2.57 bits per heavy atom. The summed E-state index contributed by atoms with van der Waals surface area (Å²) in [6.07, 6.45) is -2.75. The molecule has 0 saturated carbocycles. The van der Waals surface area contributed by atoms with Gasteiger partial charge >= 0.3 is 6.18 Å². The molecule has 0 spiro atoms. The van der Waals surface area contributed by atoms with Gasteiger partial charge in [0.15, 0.2) is 0 Å². The third kappa shape index (κ3) is 4.10. The molecular weight excluding hydrogens is 285 g/mol. The molecule has 4 nitrogen and oxygen atoms in total. The minimum Gasteiger partial charge on any atom is -0.493 e. The number of hydrogen-bond acceptors (Lipinski definition) is 3. The fourth-order valence-electron chi connectivity index (χ4n) is 2.16. The van der Waals surface area contributed by atoms with E-state index < -0.39 is 17.6 Å². The highest BCUT2D eigenvalue weighted by Crippen LogP contribution is 2.32. The van der Waals surface area contributed by atoms with Crippen molar-refractivity contribution in [1.29, 1.82) is 5.41 Å². The largest absolute Gasteiger partial charge is 0.493 e. The van der Waals surface area contributed by atoms with E-state index in [9.17, 15) is 13.2 Å². The van der Waals surface area contributed by atoms with Crippen LogP contribution in [-0.4, -0.2) is 25.7 Å². The predicted octanol–water partition coefficient (Wildman–Crippen LogP) is 2.79. The second-order valence-electron chi connectivity index (χ2n) is 4.99. The van der Waals surface area contributed by atoms with Crippen LogP contribution < -0.4 is 10.5 Å². The first kappa shape index (κ1) is 15.6. The van der Waals surface area contributed by atoms with E-state index in [2.05, 4.69) is 0 Å². The first-order chi connectivity index (χ1) is 9.88. The molecular formula is C14H17F3N2O2. The van der Waals surface area contributed by atoms with Gasteiger partial charge in [0, 0.05) is 13.2 Å². The lowest BCUT2D eigenvalue weighted by molar-refractivity contribution is -0.137. The molecule has 0 unspecified atom stereocenters. The minimum absolute atomic E-state index is 0.0307. The zero-order valence-corrected chi connectivity index (χ0v) is 11.4. The molecule has 1 aromatic carbocycles. The number of ether oxygens (including phenoxy) is 2. The summed E-state index contributed by atoms with van der Waals surface area (Å²) in [5, 5.41) is 7.41. The van der Waals surface area contributed by atoms with Gasteiger partial charge in [-0.05, 0) is 37.0 Å². The van der Waals surface area contributed by atoms with E-state index in [0.29, 0.717) is 25.7 Å². The van der Waals surface area contributed by atoms with Crippen molar-refractivity contribution < 1.29 is 22.6 Å². The molecule has 0 radical (unpaired) electrons. The van der Waals surface area contributed by atoms with E-state index in [0.717, 1.165) is 25.0 Å². The molecule has 0 aliphatic carbocycles. The highest BCUT2D eigenvalue weighted by atomic mass is 19.4. The molecule has 0 aromatic heterocycles. The number of nitrogen functional groups attached to an aromatic ring is 1. The molecule has 7 heteroatoms. The van der Waals surface area contributed by atoms with Crippen molar-refractivity contribution in [2.45, 2.75) is 19.0 Å². The molecule has 1 aliphatic rings. The number of rotatable bonds is 4. The summed E-state index contributed by atoms with van der Waals surface area (Å²) in [5.74, 6) is 0.0749. The van der Waals surface area contributed by atoms with Gasteiger partial charge in [0.25, 0.3) is 0 Å². The molecule has 21 heavy (non-hydrogen) atoms. The Bertz CT molecular complexity index is 511. The maximum absolute atomic E-state index is 12.7. The lowest BCUT2D eigenvalue weighted by atomic mass is 10.0. The van der Waals surface area contributed by atoms with Crippen LogP contribution in [0.15, 0.2) is 18.2 Å². The van der Waals surface area contributed by atoms with Gasteiger partial charge in [-0.25, -0.2) is 0 Å². The molecule has 1 aromatic rings. The summed E-state index contributed by atoms with van der Waals surface area (Å²) < 4.78 is 48.8. The van der Waals surface area contributed by atoms with E-state index >= 15 is 0 Å². The number of halogens is 3. The second-order valence-corrected chi connectivity index (χ2v) is 4.99. The summed E-state index contributed by atoms with van der Waals surface area (Å²) in [7, 11) is 0. The quantitative estimate of drug-likeness (QED) is 0.664. The van der Waals surface area contributed by atoms with Gasteiger partial charge in [-0.3, -0.25) is 5.41 Å². The zero-order valence-electron chi connectivity index (χ0n) is 11.4. The summed E-state index contributed by atoms with van der Waals surface area (Å²) in [4.78, 5) is 0. The average molecular weight is 302 g/mol. The van der Waals surface area contributed by atoms with Crippen molar-refractivity contribution >= 4 is 5.84 Å². The van der Waals surface area contributed by atoms with Crippen LogP contribution >= 0.6 is 0 Å². The van der Waals surface area contributed by atoms with Crippen molar-refractivity contribution in [3.63, 3.8) is 0 Å².